The highest BCUT2D eigenvalue weighted by molar-refractivity contribution is 7.10. The standard InChI is InChI=1S/C14H14N2OS/c1-9-4-5-13(17)10(7-9)11-8-12(16-15-11)14-3-2-6-18-14/h2-8,12,15-17H,1H3/t12-/m0/s1. The van der Waals surface area contributed by atoms with Gasteiger partial charge in [0, 0.05) is 10.4 Å². The zero-order valence-corrected chi connectivity index (χ0v) is 10.8. The molecule has 1 atom stereocenters. The number of hydrogen-bond donors (Lipinski definition) is 3. The third kappa shape index (κ3) is 2.00. The zero-order chi connectivity index (χ0) is 12.5. The molecule has 0 spiro atoms. The predicted octanol–water partition coefficient (Wildman–Crippen LogP) is 2.95. The number of hydrazine groups is 1. The van der Waals surface area contributed by atoms with Crippen LogP contribution >= 0.6 is 11.3 Å². The van der Waals surface area contributed by atoms with Crippen molar-refractivity contribution in [2.24, 2.45) is 0 Å². The largest absolute Gasteiger partial charge is 0.507 e. The zero-order valence-electron chi connectivity index (χ0n) is 9.97. The van der Waals surface area contributed by atoms with Gasteiger partial charge in [0.25, 0.3) is 0 Å². The Hall–Kier alpha value is -1.78. The van der Waals surface area contributed by atoms with Crippen LogP contribution in [0.2, 0.25) is 0 Å². The molecule has 0 fully saturated rings. The van der Waals surface area contributed by atoms with Crippen molar-refractivity contribution in [3.05, 3.63) is 57.8 Å². The number of hydrogen-bond acceptors (Lipinski definition) is 4. The van der Waals surface area contributed by atoms with E-state index >= 15 is 0 Å². The van der Waals surface area contributed by atoms with Gasteiger partial charge in [0.15, 0.2) is 0 Å². The van der Waals surface area contributed by atoms with Crippen molar-refractivity contribution in [2.45, 2.75) is 13.0 Å². The van der Waals surface area contributed by atoms with Gasteiger partial charge < -0.3 is 10.5 Å². The van der Waals surface area contributed by atoms with E-state index in [0.717, 1.165) is 16.8 Å². The van der Waals surface area contributed by atoms with E-state index < -0.39 is 0 Å². The van der Waals surface area contributed by atoms with Crippen molar-refractivity contribution in [2.75, 3.05) is 0 Å². The molecule has 1 aliphatic rings. The average molecular weight is 258 g/mol. The van der Waals surface area contributed by atoms with Crippen LogP contribution in [0, 0.1) is 6.92 Å². The molecule has 1 aliphatic heterocycles. The molecular formula is C14H14N2OS. The van der Waals surface area contributed by atoms with Crippen molar-refractivity contribution in [1.82, 2.24) is 10.9 Å². The second-order valence-electron chi connectivity index (χ2n) is 4.36. The Kier molecular flexibility index (Phi) is 2.81. The maximum Gasteiger partial charge on any atom is 0.124 e. The summed E-state index contributed by atoms with van der Waals surface area (Å²) in [5, 5.41) is 12.0. The number of benzene rings is 1. The molecule has 0 aliphatic carbocycles. The molecule has 0 saturated heterocycles. The van der Waals surface area contributed by atoms with Crippen molar-refractivity contribution < 1.29 is 5.11 Å². The topological polar surface area (TPSA) is 44.3 Å². The summed E-state index contributed by atoms with van der Waals surface area (Å²) < 4.78 is 0. The van der Waals surface area contributed by atoms with Gasteiger partial charge in [0.2, 0.25) is 0 Å². The van der Waals surface area contributed by atoms with Crippen LogP contribution in [0.25, 0.3) is 5.70 Å². The molecule has 4 heteroatoms. The first kappa shape index (κ1) is 11.3. The van der Waals surface area contributed by atoms with E-state index in [4.69, 9.17) is 0 Å². The lowest BCUT2D eigenvalue weighted by Crippen LogP contribution is -2.25. The Morgan fingerprint density at radius 3 is 2.94 bits per heavy atom. The first-order valence-electron chi connectivity index (χ1n) is 5.81. The van der Waals surface area contributed by atoms with Gasteiger partial charge in [0.05, 0.1) is 11.7 Å². The SMILES string of the molecule is Cc1ccc(O)c(C2=C[C@@H](c3cccs3)NN2)c1. The molecule has 3 N–H and O–H groups in total. The minimum atomic E-state index is 0.167. The molecule has 0 unspecified atom stereocenters. The Bertz CT molecular complexity index is 590. The van der Waals surface area contributed by atoms with Gasteiger partial charge >= 0.3 is 0 Å². The third-order valence-electron chi connectivity index (χ3n) is 2.99. The molecule has 0 bridgehead atoms. The van der Waals surface area contributed by atoms with Crippen molar-refractivity contribution >= 4 is 17.0 Å². The second kappa shape index (κ2) is 4.48. The third-order valence-corrected chi connectivity index (χ3v) is 3.94. The second-order valence-corrected chi connectivity index (χ2v) is 5.34. The number of phenols is 1. The average Bonchev–Trinajstić information content (AvgIpc) is 3.00. The van der Waals surface area contributed by atoms with Crippen LogP contribution in [-0.4, -0.2) is 5.11 Å². The maximum absolute atomic E-state index is 9.91. The lowest BCUT2D eigenvalue weighted by atomic mass is 10.1. The van der Waals surface area contributed by atoms with E-state index in [1.54, 1.807) is 17.4 Å². The van der Waals surface area contributed by atoms with E-state index in [1.807, 2.05) is 25.1 Å². The van der Waals surface area contributed by atoms with Gasteiger partial charge in [-0.15, -0.1) is 11.3 Å². The van der Waals surface area contributed by atoms with Crippen LogP contribution in [-0.2, 0) is 0 Å². The summed E-state index contributed by atoms with van der Waals surface area (Å²) in [4.78, 5) is 1.25. The molecule has 92 valence electrons. The number of nitrogens with one attached hydrogen (secondary N) is 2. The Morgan fingerprint density at radius 2 is 2.17 bits per heavy atom. The lowest BCUT2D eigenvalue weighted by molar-refractivity contribution is 0.472. The van der Waals surface area contributed by atoms with E-state index in [0.29, 0.717) is 5.75 Å². The Balaban J connectivity index is 1.94. The van der Waals surface area contributed by atoms with Crippen LogP contribution < -0.4 is 10.9 Å². The molecule has 18 heavy (non-hydrogen) atoms. The molecule has 2 aromatic rings. The monoisotopic (exact) mass is 258 g/mol. The minimum Gasteiger partial charge on any atom is -0.507 e. The molecule has 1 aromatic heterocycles. The molecule has 3 nitrogen and oxygen atoms in total. The van der Waals surface area contributed by atoms with Gasteiger partial charge in [0.1, 0.15) is 5.75 Å². The van der Waals surface area contributed by atoms with Gasteiger partial charge in [-0.1, -0.05) is 17.7 Å². The fourth-order valence-electron chi connectivity index (χ4n) is 2.05. The van der Waals surface area contributed by atoms with Crippen molar-refractivity contribution in [1.29, 1.82) is 0 Å². The summed E-state index contributed by atoms with van der Waals surface area (Å²) >= 11 is 1.72. The highest BCUT2D eigenvalue weighted by Crippen LogP contribution is 2.31. The Labute approximate surface area is 110 Å². The highest BCUT2D eigenvalue weighted by atomic mass is 32.1. The van der Waals surface area contributed by atoms with Gasteiger partial charge in [-0.3, -0.25) is 0 Å². The highest BCUT2D eigenvalue weighted by Gasteiger charge is 2.19. The van der Waals surface area contributed by atoms with Gasteiger partial charge in [-0.2, -0.15) is 0 Å². The van der Waals surface area contributed by atoms with Crippen molar-refractivity contribution in [3.8, 4) is 5.75 Å². The lowest BCUT2D eigenvalue weighted by Gasteiger charge is -2.08. The quantitative estimate of drug-likeness (QED) is 0.776. The summed E-state index contributed by atoms with van der Waals surface area (Å²) in [6, 6.07) is 9.91. The fraction of sp³-hybridized carbons (Fsp3) is 0.143. The van der Waals surface area contributed by atoms with Crippen LogP contribution in [0.3, 0.4) is 0 Å². The van der Waals surface area contributed by atoms with Crippen LogP contribution in [0.5, 0.6) is 5.75 Å². The minimum absolute atomic E-state index is 0.167. The first-order valence-corrected chi connectivity index (χ1v) is 6.69. The first-order chi connectivity index (χ1) is 8.74. The van der Waals surface area contributed by atoms with E-state index in [9.17, 15) is 5.11 Å². The number of aryl methyl sites for hydroxylation is 1. The summed E-state index contributed by atoms with van der Waals surface area (Å²) in [5.74, 6) is 0.299. The number of aromatic hydroxyl groups is 1. The molecule has 1 aromatic carbocycles. The number of thiophene rings is 1. The molecule has 0 radical (unpaired) electrons. The molecule has 0 saturated carbocycles. The van der Waals surface area contributed by atoms with E-state index in [1.165, 1.54) is 4.88 Å². The molecule has 2 heterocycles. The van der Waals surface area contributed by atoms with E-state index in [-0.39, 0.29) is 6.04 Å². The van der Waals surface area contributed by atoms with Crippen molar-refractivity contribution in [3.63, 3.8) is 0 Å². The van der Waals surface area contributed by atoms with Gasteiger partial charge in [-0.05, 0) is 36.6 Å². The molecule has 0 amide bonds. The summed E-state index contributed by atoms with van der Waals surface area (Å²) in [7, 11) is 0. The number of phenolic OH excluding ortho intramolecular Hbond substituents is 1. The Morgan fingerprint density at radius 1 is 1.28 bits per heavy atom. The summed E-state index contributed by atoms with van der Waals surface area (Å²) in [6.07, 6.45) is 2.10. The summed E-state index contributed by atoms with van der Waals surface area (Å²) in [5.41, 5.74) is 9.24. The van der Waals surface area contributed by atoms with E-state index in [2.05, 4.69) is 28.4 Å². The van der Waals surface area contributed by atoms with Crippen LogP contribution in [0.15, 0.2) is 41.8 Å². The predicted molar refractivity (Wildman–Crippen MR) is 74.2 cm³/mol. The van der Waals surface area contributed by atoms with Gasteiger partial charge in [-0.25, -0.2) is 5.43 Å². The normalized spacial score (nSPS) is 18.5. The smallest absolute Gasteiger partial charge is 0.124 e. The molecular weight excluding hydrogens is 244 g/mol. The summed E-state index contributed by atoms with van der Waals surface area (Å²) in [6.45, 7) is 2.02. The molecule has 3 rings (SSSR count). The fourth-order valence-corrected chi connectivity index (χ4v) is 2.79. The van der Waals surface area contributed by atoms with Crippen LogP contribution in [0.1, 0.15) is 22.0 Å². The number of rotatable bonds is 2. The van der Waals surface area contributed by atoms with Crippen LogP contribution in [0.4, 0.5) is 0 Å². The maximum atomic E-state index is 9.91.